The highest BCUT2D eigenvalue weighted by atomic mass is 14.2. The van der Waals surface area contributed by atoms with Gasteiger partial charge in [-0.15, -0.1) is 0 Å². The molecule has 0 heterocycles. The quantitative estimate of drug-likeness (QED) is 0.142. The van der Waals surface area contributed by atoms with Crippen LogP contribution in [-0.2, 0) is 0 Å². The second-order valence-corrected chi connectivity index (χ2v) is 23.0. The van der Waals surface area contributed by atoms with Gasteiger partial charge in [0.15, 0.2) is 0 Å². The smallest absolute Gasteiger partial charge is 0.0181 e. The van der Waals surface area contributed by atoms with E-state index in [9.17, 15) is 0 Å². The van der Waals surface area contributed by atoms with Crippen LogP contribution < -0.4 is 0 Å². The predicted molar refractivity (Wildman–Crippen MR) is 344 cm³/mol. The third kappa shape index (κ3) is 24.8. The average molecular weight is 1020 g/mol. The lowest BCUT2D eigenvalue weighted by Crippen LogP contribution is -2.08. The monoisotopic (exact) mass is 1020 g/mol. The van der Waals surface area contributed by atoms with Crippen molar-refractivity contribution in [1.82, 2.24) is 0 Å². The van der Waals surface area contributed by atoms with E-state index in [0.717, 1.165) is 11.8 Å². The van der Waals surface area contributed by atoms with Gasteiger partial charge in [0.2, 0.25) is 0 Å². The van der Waals surface area contributed by atoms with Gasteiger partial charge in [-0.2, -0.15) is 0 Å². The molecule has 0 heteroatoms. The molecule has 1 saturated carbocycles. The van der Waals surface area contributed by atoms with E-state index in [1.807, 2.05) is 0 Å². The molecule has 1 aliphatic rings. The lowest BCUT2D eigenvalue weighted by atomic mass is 9.84. The molecule has 0 radical (unpaired) electrons. The van der Waals surface area contributed by atoms with Gasteiger partial charge in [-0.3, -0.25) is 0 Å². The largest absolute Gasteiger partial charge is 0.0625 e. The van der Waals surface area contributed by atoms with Gasteiger partial charge in [0.1, 0.15) is 0 Å². The molecule has 0 saturated heterocycles. The maximum Gasteiger partial charge on any atom is -0.0181 e. The van der Waals surface area contributed by atoms with Gasteiger partial charge in [0.05, 0.1) is 0 Å². The maximum atomic E-state index is 2.37. The van der Waals surface area contributed by atoms with Crippen molar-refractivity contribution in [3.05, 3.63) is 256 Å². The van der Waals surface area contributed by atoms with E-state index in [1.165, 1.54) is 159 Å². The molecule has 76 heavy (non-hydrogen) atoms. The Kier molecular flexibility index (Phi) is 28.9. The summed E-state index contributed by atoms with van der Waals surface area (Å²) >= 11 is 0. The zero-order valence-corrected chi connectivity index (χ0v) is 52.7. The second kappa shape index (κ2) is 33.2. The summed E-state index contributed by atoms with van der Waals surface area (Å²) in [5.74, 6) is 2.04. The van der Waals surface area contributed by atoms with Crippen molar-refractivity contribution in [2.75, 3.05) is 0 Å². The zero-order chi connectivity index (χ0) is 57.4. The summed E-state index contributed by atoms with van der Waals surface area (Å²) in [4.78, 5) is 0. The van der Waals surface area contributed by atoms with Crippen molar-refractivity contribution in [2.45, 2.75) is 192 Å². The van der Waals surface area contributed by atoms with Crippen molar-refractivity contribution < 1.29 is 0 Å². The third-order valence-corrected chi connectivity index (χ3v) is 15.5. The van der Waals surface area contributed by atoms with Gasteiger partial charge >= 0.3 is 0 Å². The van der Waals surface area contributed by atoms with Gasteiger partial charge in [-0.05, 0) is 253 Å². The molecule has 0 bridgehead atoms. The van der Waals surface area contributed by atoms with Crippen LogP contribution in [0.15, 0.2) is 133 Å². The highest BCUT2D eigenvalue weighted by Crippen LogP contribution is 2.27. The molecule has 8 aromatic rings. The lowest BCUT2D eigenvalue weighted by molar-refractivity contribution is 0.308. The van der Waals surface area contributed by atoms with Crippen LogP contribution in [0, 0.1) is 164 Å². The summed E-state index contributed by atoms with van der Waals surface area (Å²) in [5, 5.41) is 2.67. The van der Waals surface area contributed by atoms with E-state index >= 15 is 0 Å². The van der Waals surface area contributed by atoms with E-state index in [-0.39, 0.29) is 0 Å². The van der Waals surface area contributed by atoms with Crippen molar-refractivity contribution in [2.24, 2.45) is 11.8 Å². The van der Waals surface area contributed by atoms with E-state index in [1.54, 1.807) is 0 Å². The molecule has 0 unspecified atom stereocenters. The van der Waals surface area contributed by atoms with Gasteiger partial charge in [-0.25, -0.2) is 0 Å². The average Bonchev–Trinajstić information content (AvgIpc) is 3.36. The van der Waals surface area contributed by atoms with Gasteiger partial charge < -0.3 is 0 Å². The van der Waals surface area contributed by atoms with Gasteiger partial charge in [0, 0.05) is 0 Å². The fraction of sp³-hybridized carbons (Fsp3) is 0.395. The molecule has 1 fully saturated rings. The Morgan fingerprint density at radius 3 is 0.684 bits per heavy atom. The van der Waals surface area contributed by atoms with E-state index in [2.05, 4.69) is 300 Å². The molecule has 408 valence electrons. The number of hydrogen-bond donors (Lipinski definition) is 0. The van der Waals surface area contributed by atoms with Crippen LogP contribution in [0.2, 0.25) is 0 Å². The molecule has 0 aliphatic heterocycles. The molecular weight excluding hydrogens is 913 g/mol. The van der Waals surface area contributed by atoms with Gasteiger partial charge in [-0.1, -0.05) is 217 Å². The van der Waals surface area contributed by atoms with E-state index in [0.29, 0.717) is 0 Å². The number of fused-ring (bicyclic) bond motifs is 1. The zero-order valence-electron chi connectivity index (χ0n) is 52.7. The Bertz CT molecular complexity index is 2750. The highest BCUT2D eigenvalue weighted by molar-refractivity contribution is 5.83. The Hall–Kier alpha value is -5.98. The normalized spacial score (nSPS) is 13.1. The van der Waals surface area contributed by atoms with Crippen LogP contribution >= 0.6 is 0 Å². The fourth-order valence-corrected chi connectivity index (χ4v) is 8.93. The Morgan fingerprint density at radius 2 is 0.421 bits per heavy atom. The minimum absolute atomic E-state index is 1.02. The molecule has 0 amide bonds. The van der Waals surface area contributed by atoms with Gasteiger partial charge in [0.25, 0.3) is 0 Å². The molecule has 1 aliphatic carbocycles. The first-order valence-electron chi connectivity index (χ1n) is 28.3. The standard InChI is InChI=1S/C12H12.3C10H14.2C9H12.C8H16.C8H10/c1-9-3-5-12-8-10(2)4-6-11(12)7-9;2*1-7-5-8(2)10(4)9(3)6-7;1-7-5-6-8(2)10(4)9(7)3;2*1-7-4-5-8(2)9(3)6-7;2*1-7-3-5-8(2)6-4-7/h3-8H,1-2H3;3*5-6H,1-4H3;2*4-6H,1-3H3;7-8H,3-6H2,1-2H3;3-6H,1-2H3. The maximum absolute atomic E-state index is 2.37. The topological polar surface area (TPSA) is 0 Å². The van der Waals surface area contributed by atoms with Crippen molar-refractivity contribution in [3.8, 4) is 0 Å². The summed E-state index contributed by atoms with van der Waals surface area (Å²) in [6.45, 7) is 51.9. The number of benzene rings is 8. The number of rotatable bonds is 0. The first-order chi connectivity index (χ1) is 35.6. The molecule has 0 N–H and O–H groups in total. The summed E-state index contributed by atoms with van der Waals surface area (Å²) in [6.07, 6.45) is 5.89. The molecule has 0 spiro atoms. The van der Waals surface area contributed by atoms with E-state index < -0.39 is 0 Å². The molecule has 0 atom stereocenters. The Morgan fingerprint density at radius 1 is 0.197 bits per heavy atom. The summed E-state index contributed by atoms with van der Waals surface area (Å²) in [7, 11) is 0. The van der Waals surface area contributed by atoms with Crippen LogP contribution in [0.25, 0.3) is 10.8 Å². The number of hydrogen-bond acceptors (Lipinski definition) is 0. The Labute approximate surface area is 467 Å². The van der Waals surface area contributed by atoms with Crippen LogP contribution in [0.4, 0.5) is 0 Å². The summed E-state index contributed by atoms with van der Waals surface area (Å²) < 4.78 is 0. The highest BCUT2D eigenvalue weighted by Gasteiger charge is 2.13. The van der Waals surface area contributed by atoms with Crippen LogP contribution in [0.3, 0.4) is 0 Å². The van der Waals surface area contributed by atoms with Crippen LogP contribution in [0.1, 0.15) is 162 Å². The summed E-state index contributed by atoms with van der Waals surface area (Å²) in [6, 6.07) is 47.8. The van der Waals surface area contributed by atoms with E-state index in [4.69, 9.17) is 0 Å². The molecular formula is C76H104. The predicted octanol–water partition coefficient (Wildman–Crippen LogP) is 22.6. The first-order valence-corrected chi connectivity index (χ1v) is 28.3. The third-order valence-electron chi connectivity index (χ3n) is 15.5. The second-order valence-electron chi connectivity index (χ2n) is 23.0. The Balaban J connectivity index is 0.000000298. The first kappa shape index (κ1) is 66.1. The minimum Gasteiger partial charge on any atom is -0.0625 e. The van der Waals surface area contributed by atoms with Crippen molar-refractivity contribution >= 4 is 10.8 Å². The summed E-state index contributed by atoms with van der Waals surface area (Å²) in [5.41, 5.74) is 30.3. The van der Waals surface area contributed by atoms with Crippen LogP contribution in [0.5, 0.6) is 0 Å². The number of aryl methyl sites for hydroxylation is 18. The van der Waals surface area contributed by atoms with Crippen LogP contribution in [-0.4, -0.2) is 0 Å². The fourth-order valence-electron chi connectivity index (χ4n) is 8.93. The molecule has 9 rings (SSSR count). The molecule has 0 nitrogen and oxygen atoms in total. The molecule has 8 aromatic carbocycles. The molecule has 0 aromatic heterocycles. The lowest BCUT2D eigenvalue weighted by Gasteiger charge is -2.22. The van der Waals surface area contributed by atoms with Crippen molar-refractivity contribution in [1.29, 1.82) is 0 Å². The SMILES string of the molecule is CC1CCC(C)CC1.Cc1cc(C)c(C)c(C)c1.Cc1cc(C)c(C)c(C)c1.Cc1ccc(C)c(C)c1.Cc1ccc(C)c(C)c1.Cc1ccc(C)c(C)c1C.Cc1ccc(C)cc1.Cc1ccc2cc(C)ccc2c1. The van der Waals surface area contributed by atoms with Crippen molar-refractivity contribution in [3.63, 3.8) is 0 Å². The minimum atomic E-state index is 1.02.